The van der Waals surface area contributed by atoms with Gasteiger partial charge in [-0.2, -0.15) is 0 Å². The van der Waals surface area contributed by atoms with Crippen LogP contribution in [0.4, 0.5) is 16.3 Å². The maximum Gasteiger partial charge on any atom is 0.363 e. The highest BCUT2D eigenvalue weighted by Gasteiger charge is 2.34. The van der Waals surface area contributed by atoms with E-state index in [0.29, 0.717) is 32.7 Å². The number of aromatic nitrogens is 1. The summed E-state index contributed by atoms with van der Waals surface area (Å²) in [5, 5.41) is 10.8. The summed E-state index contributed by atoms with van der Waals surface area (Å²) in [5.74, 6) is -0.161. The normalized spacial score (nSPS) is 22.3. The number of urea groups is 1. The van der Waals surface area contributed by atoms with Crippen molar-refractivity contribution >= 4 is 23.4 Å². The van der Waals surface area contributed by atoms with Crippen molar-refractivity contribution in [3.63, 3.8) is 0 Å². The van der Waals surface area contributed by atoms with E-state index in [2.05, 4.69) is 9.88 Å². The molecular formula is C20H28N6O4. The molecule has 1 aromatic heterocycles. The molecule has 3 aliphatic heterocycles. The number of amides is 3. The van der Waals surface area contributed by atoms with Gasteiger partial charge in [-0.05, 0) is 41.7 Å². The standard InChI is InChI=1S/C20H28N6O4/c27-19(16-4-3-9-25(15-16)20(28)24-7-1-2-8-24)23-12-10-22(11-13-23)17-5-6-18(21-14-17)26(29)30/h5-6,14,16H,1-4,7-13,15H2. The Labute approximate surface area is 175 Å². The van der Waals surface area contributed by atoms with Crippen LogP contribution in [0.15, 0.2) is 18.3 Å². The summed E-state index contributed by atoms with van der Waals surface area (Å²) < 4.78 is 0. The molecule has 162 valence electrons. The number of rotatable bonds is 3. The molecule has 10 nitrogen and oxygen atoms in total. The number of carbonyl (C=O) groups is 2. The van der Waals surface area contributed by atoms with Gasteiger partial charge in [-0.15, -0.1) is 0 Å². The van der Waals surface area contributed by atoms with Crippen LogP contribution in [0.2, 0.25) is 0 Å². The first kappa shape index (κ1) is 20.4. The van der Waals surface area contributed by atoms with Crippen LogP contribution in [-0.2, 0) is 4.79 Å². The molecule has 4 heterocycles. The van der Waals surface area contributed by atoms with Crippen LogP contribution in [0, 0.1) is 16.0 Å². The van der Waals surface area contributed by atoms with Crippen LogP contribution in [-0.4, -0.2) is 88.9 Å². The predicted molar refractivity (Wildman–Crippen MR) is 110 cm³/mol. The predicted octanol–water partition coefficient (Wildman–Crippen LogP) is 1.57. The Morgan fingerprint density at radius 1 is 0.933 bits per heavy atom. The summed E-state index contributed by atoms with van der Waals surface area (Å²) in [7, 11) is 0. The first-order valence-corrected chi connectivity index (χ1v) is 10.7. The van der Waals surface area contributed by atoms with Gasteiger partial charge in [0, 0.05) is 58.4 Å². The highest BCUT2D eigenvalue weighted by molar-refractivity contribution is 5.81. The van der Waals surface area contributed by atoms with Gasteiger partial charge in [0.15, 0.2) is 6.20 Å². The maximum atomic E-state index is 13.1. The summed E-state index contributed by atoms with van der Waals surface area (Å²) >= 11 is 0. The van der Waals surface area contributed by atoms with Gasteiger partial charge >= 0.3 is 11.8 Å². The minimum absolute atomic E-state index is 0.0838. The second kappa shape index (κ2) is 8.85. The van der Waals surface area contributed by atoms with E-state index in [-0.39, 0.29) is 23.7 Å². The van der Waals surface area contributed by atoms with E-state index in [1.807, 2.05) is 14.7 Å². The summed E-state index contributed by atoms with van der Waals surface area (Å²) in [6, 6.07) is 3.19. The Bertz CT molecular complexity index is 787. The fourth-order valence-electron chi connectivity index (χ4n) is 4.58. The molecule has 30 heavy (non-hydrogen) atoms. The van der Waals surface area contributed by atoms with Crippen molar-refractivity contribution in [1.82, 2.24) is 19.7 Å². The second-order valence-electron chi connectivity index (χ2n) is 8.21. The van der Waals surface area contributed by atoms with E-state index in [0.717, 1.165) is 51.0 Å². The van der Waals surface area contributed by atoms with E-state index in [9.17, 15) is 19.7 Å². The Hall–Kier alpha value is -2.91. The van der Waals surface area contributed by atoms with Crippen molar-refractivity contribution < 1.29 is 14.5 Å². The molecular weight excluding hydrogens is 388 g/mol. The van der Waals surface area contributed by atoms with E-state index < -0.39 is 4.92 Å². The minimum Gasteiger partial charge on any atom is -0.365 e. The third-order valence-electron chi connectivity index (χ3n) is 6.29. The topological polar surface area (TPSA) is 103 Å². The number of nitrogens with zero attached hydrogens (tertiary/aromatic N) is 6. The van der Waals surface area contributed by atoms with Gasteiger partial charge in [-0.25, -0.2) is 4.79 Å². The number of anilines is 1. The number of piperazine rings is 1. The number of carbonyl (C=O) groups excluding carboxylic acids is 2. The number of hydrogen-bond acceptors (Lipinski definition) is 6. The highest BCUT2D eigenvalue weighted by atomic mass is 16.6. The SMILES string of the molecule is O=C(C1CCCN(C(=O)N2CCCC2)C1)N1CCN(c2ccc([N+](=O)[O-])nc2)CC1. The fraction of sp³-hybridized carbons (Fsp3) is 0.650. The lowest BCUT2D eigenvalue weighted by Crippen LogP contribution is -2.54. The molecule has 3 saturated heterocycles. The number of piperidine rings is 1. The average molecular weight is 416 g/mol. The molecule has 0 N–H and O–H groups in total. The number of pyridine rings is 1. The lowest BCUT2D eigenvalue weighted by molar-refractivity contribution is -0.389. The molecule has 10 heteroatoms. The van der Waals surface area contributed by atoms with Crippen molar-refractivity contribution in [3.05, 3.63) is 28.4 Å². The maximum absolute atomic E-state index is 13.1. The molecule has 0 aliphatic carbocycles. The average Bonchev–Trinajstić information content (AvgIpc) is 3.33. The minimum atomic E-state index is -0.512. The third-order valence-corrected chi connectivity index (χ3v) is 6.29. The molecule has 3 aliphatic rings. The van der Waals surface area contributed by atoms with Gasteiger partial charge in [0.2, 0.25) is 5.91 Å². The molecule has 0 spiro atoms. The van der Waals surface area contributed by atoms with Crippen molar-refractivity contribution in [1.29, 1.82) is 0 Å². The molecule has 0 aromatic carbocycles. The Morgan fingerprint density at radius 3 is 2.27 bits per heavy atom. The van der Waals surface area contributed by atoms with Crippen molar-refractivity contribution in [2.45, 2.75) is 25.7 Å². The van der Waals surface area contributed by atoms with E-state index in [1.165, 1.54) is 12.3 Å². The lowest BCUT2D eigenvalue weighted by Gasteiger charge is -2.40. The Morgan fingerprint density at radius 2 is 1.63 bits per heavy atom. The quantitative estimate of drug-likeness (QED) is 0.547. The first-order valence-electron chi connectivity index (χ1n) is 10.7. The number of likely N-dealkylation sites (tertiary alicyclic amines) is 2. The van der Waals surface area contributed by atoms with E-state index in [4.69, 9.17) is 0 Å². The third kappa shape index (κ3) is 4.31. The highest BCUT2D eigenvalue weighted by Crippen LogP contribution is 2.23. The van der Waals surface area contributed by atoms with Crippen molar-refractivity contribution in [2.75, 3.05) is 57.3 Å². The van der Waals surface area contributed by atoms with Gasteiger partial charge in [0.1, 0.15) is 0 Å². The van der Waals surface area contributed by atoms with Gasteiger partial charge in [-0.3, -0.25) is 4.79 Å². The lowest BCUT2D eigenvalue weighted by atomic mass is 9.96. The zero-order chi connectivity index (χ0) is 21.1. The van der Waals surface area contributed by atoms with Crippen LogP contribution in [0.25, 0.3) is 0 Å². The Kier molecular flexibility index (Phi) is 6.01. The molecule has 1 aromatic rings. The van der Waals surface area contributed by atoms with Crippen LogP contribution in [0.5, 0.6) is 0 Å². The van der Waals surface area contributed by atoms with Crippen LogP contribution in [0.1, 0.15) is 25.7 Å². The van der Waals surface area contributed by atoms with Gasteiger partial charge < -0.3 is 29.7 Å². The molecule has 4 rings (SSSR count). The van der Waals surface area contributed by atoms with Gasteiger partial charge in [0.25, 0.3) is 0 Å². The fourth-order valence-corrected chi connectivity index (χ4v) is 4.58. The van der Waals surface area contributed by atoms with Crippen molar-refractivity contribution in [2.24, 2.45) is 5.92 Å². The second-order valence-corrected chi connectivity index (χ2v) is 8.21. The molecule has 0 radical (unpaired) electrons. The smallest absolute Gasteiger partial charge is 0.363 e. The first-order chi connectivity index (χ1) is 14.5. The number of hydrogen-bond donors (Lipinski definition) is 0. The molecule has 0 bridgehead atoms. The van der Waals surface area contributed by atoms with Gasteiger partial charge in [-0.1, -0.05) is 0 Å². The molecule has 3 amide bonds. The molecule has 0 saturated carbocycles. The summed E-state index contributed by atoms with van der Waals surface area (Å²) in [5.41, 5.74) is 0.827. The molecule has 3 fully saturated rings. The van der Waals surface area contributed by atoms with E-state index in [1.54, 1.807) is 6.07 Å². The largest absolute Gasteiger partial charge is 0.365 e. The van der Waals surface area contributed by atoms with Crippen LogP contribution in [0.3, 0.4) is 0 Å². The summed E-state index contributed by atoms with van der Waals surface area (Å²) in [6.07, 6.45) is 5.34. The monoisotopic (exact) mass is 416 g/mol. The zero-order valence-corrected chi connectivity index (χ0v) is 17.1. The van der Waals surface area contributed by atoms with E-state index >= 15 is 0 Å². The summed E-state index contributed by atoms with van der Waals surface area (Å²) in [6.45, 7) is 5.43. The summed E-state index contributed by atoms with van der Waals surface area (Å²) in [4.78, 5) is 47.6. The Balaban J connectivity index is 1.30. The van der Waals surface area contributed by atoms with Gasteiger partial charge in [0.05, 0.1) is 11.6 Å². The van der Waals surface area contributed by atoms with Crippen LogP contribution < -0.4 is 4.90 Å². The zero-order valence-electron chi connectivity index (χ0n) is 17.1. The molecule has 1 unspecified atom stereocenters. The molecule has 1 atom stereocenters. The van der Waals surface area contributed by atoms with Crippen LogP contribution >= 0.6 is 0 Å². The number of nitro groups is 1. The van der Waals surface area contributed by atoms with Crippen molar-refractivity contribution in [3.8, 4) is 0 Å².